The number of hydrogen-bond donors (Lipinski definition) is 3. The lowest BCUT2D eigenvalue weighted by molar-refractivity contribution is -0.120. The van der Waals surface area contributed by atoms with Crippen molar-refractivity contribution >= 4 is 55.8 Å². The fourth-order valence-corrected chi connectivity index (χ4v) is 5.14. The summed E-state index contributed by atoms with van der Waals surface area (Å²) in [5.74, 6) is -0.114. The Labute approximate surface area is 163 Å². The Morgan fingerprint density at radius 1 is 1.27 bits per heavy atom. The minimum Gasteiger partial charge on any atom is -0.326 e. The lowest BCUT2D eigenvalue weighted by Crippen LogP contribution is -2.42. The molecule has 1 fully saturated rings. The fraction of sp³-hybridized carbons (Fsp3) is 0.529. The van der Waals surface area contributed by atoms with Crippen molar-refractivity contribution in [2.45, 2.75) is 55.2 Å². The highest BCUT2D eigenvalue weighted by atomic mass is 32.2. The maximum absolute atomic E-state index is 12.5. The predicted molar refractivity (Wildman–Crippen MR) is 108 cm³/mol. The van der Waals surface area contributed by atoms with E-state index in [4.69, 9.17) is 0 Å². The van der Waals surface area contributed by atoms with E-state index in [1.807, 2.05) is 18.2 Å². The number of amides is 1. The smallest absolute Gasteiger partial charge is 0.227 e. The molecular formula is C17H23N3O3S3. The Morgan fingerprint density at radius 2 is 1.96 bits per heavy atom. The van der Waals surface area contributed by atoms with Crippen molar-refractivity contribution in [3.63, 3.8) is 0 Å². The van der Waals surface area contributed by atoms with Gasteiger partial charge in [0.15, 0.2) is 0 Å². The molecule has 0 atom stereocenters. The molecule has 142 valence electrons. The number of rotatable bonds is 5. The zero-order valence-corrected chi connectivity index (χ0v) is 17.3. The van der Waals surface area contributed by atoms with Gasteiger partial charge in [-0.2, -0.15) is 0 Å². The number of sulfonamides is 1. The van der Waals surface area contributed by atoms with Crippen molar-refractivity contribution in [3.05, 3.63) is 18.2 Å². The van der Waals surface area contributed by atoms with Crippen LogP contribution in [0.25, 0.3) is 10.2 Å². The van der Waals surface area contributed by atoms with E-state index in [0.717, 1.165) is 15.9 Å². The molecule has 0 spiro atoms. The minimum atomic E-state index is -3.27. The maximum atomic E-state index is 12.5. The van der Waals surface area contributed by atoms with Crippen molar-refractivity contribution < 1.29 is 13.2 Å². The number of hydrogen-bond acceptors (Lipinski definition) is 6. The summed E-state index contributed by atoms with van der Waals surface area (Å²) < 4.78 is 28.4. The number of carbonyl (C=O) groups is 1. The Morgan fingerprint density at radius 3 is 2.62 bits per heavy atom. The van der Waals surface area contributed by atoms with E-state index >= 15 is 0 Å². The van der Waals surface area contributed by atoms with Gasteiger partial charge in [0, 0.05) is 17.6 Å². The van der Waals surface area contributed by atoms with Crippen molar-refractivity contribution in [1.82, 2.24) is 9.71 Å². The standard InChI is InChI=1S/C17H23N3O3S3/c1-10(2)26(22,23)20-12-5-3-11(4-6-12)16(21)18-13-7-8-15-14(9-13)19-17(24)25-15/h7-12,20H,3-6H2,1-2H3,(H,18,21)(H,19,24). The molecule has 0 unspecified atom stereocenters. The summed E-state index contributed by atoms with van der Waals surface area (Å²) in [7, 11) is -3.27. The number of nitrogens with zero attached hydrogens (tertiary/aromatic N) is 1. The highest BCUT2D eigenvalue weighted by molar-refractivity contribution is 7.90. The molecule has 1 heterocycles. The fourth-order valence-electron chi connectivity index (χ4n) is 3.08. The molecule has 1 saturated carbocycles. The van der Waals surface area contributed by atoms with Crippen LogP contribution in [0.5, 0.6) is 0 Å². The molecule has 2 N–H and O–H groups in total. The molecule has 1 aliphatic rings. The highest BCUT2D eigenvalue weighted by Crippen LogP contribution is 2.29. The monoisotopic (exact) mass is 413 g/mol. The molecule has 2 aromatic rings. The molecule has 1 amide bonds. The molecule has 6 nitrogen and oxygen atoms in total. The third-order valence-electron chi connectivity index (χ3n) is 4.69. The van der Waals surface area contributed by atoms with E-state index in [2.05, 4.69) is 27.7 Å². The topological polar surface area (TPSA) is 88.2 Å². The summed E-state index contributed by atoms with van der Waals surface area (Å²) in [4.78, 5) is 16.8. The van der Waals surface area contributed by atoms with Crippen molar-refractivity contribution in [2.75, 3.05) is 5.32 Å². The van der Waals surface area contributed by atoms with Crippen LogP contribution in [0, 0.1) is 5.92 Å². The zero-order chi connectivity index (χ0) is 18.9. The SMILES string of the molecule is CC(C)S(=O)(=O)NC1CCC(C(=O)Nc2ccc3sc(S)nc3c2)CC1. The highest BCUT2D eigenvalue weighted by Gasteiger charge is 2.29. The van der Waals surface area contributed by atoms with Crippen LogP contribution in [0.4, 0.5) is 5.69 Å². The molecule has 1 aromatic heterocycles. The number of fused-ring (bicyclic) bond motifs is 1. The molecule has 0 saturated heterocycles. The first-order valence-corrected chi connectivity index (χ1v) is 11.5. The molecule has 1 aliphatic carbocycles. The number of anilines is 1. The Balaban J connectivity index is 1.56. The van der Waals surface area contributed by atoms with Gasteiger partial charge in [-0.05, 0) is 57.7 Å². The van der Waals surface area contributed by atoms with Gasteiger partial charge in [0.25, 0.3) is 0 Å². The van der Waals surface area contributed by atoms with E-state index in [1.54, 1.807) is 13.8 Å². The lowest BCUT2D eigenvalue weighted by atomic mass is 9.86. The number of benzene rings is 1. The molecule has 1 aromatic carbocycles. The van der Waals surface area contributed by atoms with Gasteiger partial charge in [-0.1, -0.05) is 0 Å². The lowest BCUT2D eigenvalue weighted by Gasteiger charge is -2.28. The molecule has 3 rings (SSSR count). The summed E-state index contributed by atoms with van der Waals surface area (Å²) in [6, 6.07) is 5.58. The molecule has 0 aliphatic heterocycles. The first-order chi connectivity index (χ1) is 12.2. The van der Waals surface area contributed by atoms with E-state index in [-0.39, 0.29) is 17.9 Å². The molecule has 9 heteroatoms. The third-order valence-corrected chi connectivity index (χ3v) is 7.81. The average molecular weight is 414 g/mol. The van der Waals surface area contributed by atoms with Gasteiger partial charge in [0.1, 0.15) is 4.34 Å². The van der Waals surface area contributed by atoms with Crippen LogP contribution in [0.2, 0.25) is 0 Å². The van der Waals surface area contributed by atoms with Crippen LogP contribution in [-0.4, -0.2) is 30.6 Å². The van der Waals surface area contributed by atoms with Crippen LogP contribution in [0.3, 0.4) is 0 Å². The second-order valence-electron chi connectivity index (χ2n) is 6.93. The molecular weight excluding hydrogens is 390 g/mol. The number of thiazole rings is 1. The van der Waals surface area contributed by atoms with E-state index < -0.39 is 15.3 Å². The molecule has 0 radical (unpaired) electrons. The summed E-state index contributed by atoms with van der Waals surface area (Å²) in [5, 5.41) is 2.51. The molecule has 26 heavy (non-hydrogen) atoms. The third kappa shape index (κ3) is 4.57. The predicted octanol–water partition coefficient (Wildman–Crippen LogP) is 3.41. The number of thiol groups is 1. The van der Waals surface area contributed by atoms with Gasteiger partial charge in [0.05, 0.1) is 15.5 Å². The second kappa shape index (κ2) is 7.84. The van der Waals surface area contributed by atoms with Gasteiger partial charge in [0.2, 0.25) is 15.9 Å². The maximum Gasteiger partial charge on any atom is 0.227 e. The normalized spacial score (nSPS) is 21.2. The Bertz CT molecular complexity index is 900. The molecule has 0 bridgehead atoms. The van der Waals surface area contributed by atoms with Crippen molar-refractivity contribution in [3.8, 4) is 0 Å². The quantitative estimate of drug-likeness (QED) is 0.656. The first kappa shape index (κ1) is 19.6. The van der Waals surface area contributed by atoms with Crippen LogP contribution >= 0.6 is 24.0 Å². The number of aromatic nitrogens is 1. The minimum absolute atomic E-state index is 0.0177. The van der Waals surface area contributed by atoms with Crippen LogP contribution in [-0.2, 0) is 14.8 Å². The van der Waals surface area contributed by atoms with Crippen LogP contribution < -0.4 is 10.0 Å². The summed E-state index contributed by atoms with van der Waals surface area (Å²) in [6.07, 6.45) is 2.71. The number of carbonyl (C=O) groups excluding carboxylic acids is 1. The first-order valence-electron chi connectivity index (χ1n) is 8.66. The largest absolute Gasteiger partial charge is 0.326 e. The van der Waals surface area contributed by atoms with E-state index in [0.29, 0.717) is 30.0 Å². The second-order valence-corrected chi connectivity index (χ2v) is 11.0. The van der Waals surface area contributed by atoms with Gasteiger partial charge < -0.3 is 5.32 Å². The Kier molecular flexibility index (Phi) is 5.91. The van der Waals surface area contributed by atoms with Crippen molar-refractivity contribution in [2.24, 2.45) is 5.92 Å². The Hall–Kier alpha value is -1.16. The zero-order valence-electron chi connectivity index (χ0n) is 14.7. The van der Waals surface area contributed by atoms with Crippen LogP contribution in [0.1, 0.15) is 39.5 Å². The average Bonchev–Trinajstić information content (AvgIpc) is 2.94. The van der Waals surface area contributed by atoms with E-state index in [1.165, 1.54) is 11.3 Å². The van der Waals surface area contributed by atoms with Gasteiger partial charge in [-0.15, -0.1) is 24.0 Å². The van der Waals surface area contributed by atoms with Gasteiger partial charge in [-0.25, -0.2) is 18.1 Å². The summed E-state index contributed by atoms with van der Waals surface area (Å²) >= 11 is 5.75. The van der Waals surface area contributed by atoms with Gasteiger partial charge >= 0.3 is 0 Å². The van der Waals surface area contributed by atoms with Crippen LogP contribution in [0.15, 0.2) is 22.5 Å². The summed E-state index contributed by atoms with van der Waals surface area (Å²) in [5.41, 5.74) is 1.55. The number of nitrogens with one attached hydrogen (secondary N) is 2. The van der Waals surface area contributed by atoms with Crippen molar-refractivity contribution in [1.29, 1.82) is 0 Å². The van der Waals surface area contributed by atoms with Gasteiger partial charge in [-0.3, -0.25) is 4.79 Å². The summed E-state index contributed by atoms with van der Waals surface area (Å²) in [6.45, 7) is 3.33. The van der Waals surface area contributed by atoms with E-state index in [9.17, 15) is 13.2 Å².